The summed E-state index contributed by atoms with van der Waals surface area (Å²) in [4.78, 5) is 14.4. The van der Waals surface area contributed by atoms with Crippen LogP contribution in [0, 0.1) is 17.8 Å². The molecule has 0 aromatic heterocycles. The van der Waals surface area contributed by atoms with Gasteiger partial charge in [0.2, 0.25) is 5.91 Å². The van der Waals surface area contributed by atoms with Gasteiger partial charge >= 0.3 is 0 Å². The number of nitrogens with zero attached hydrogens (tertiary/aromatic N) is 1. The molecular formula is C18H25NOS. The SMILES string of the molecule is CN(CC1CC2CCC1C2)C(=O)C(S)Cc1ccccc1. The Labute approximate surface area is 133 Å². The van der Waals surface area contributed by atoms with E-state index < -0.39 is 0 Å². The fourth-order valence-electron chi connectivity index (χ4n) is 4.22. The van der Waals surface area contributed by atoms with Gasteiger partial charge in [0.05, 0.1) is 5.25 Å². The van der Waals surface area contributed by atoms with E-state index in [0.29, 0.717) is 6.42 Å². The molecule has 2 aliphatic carbocycles. The Hall–Kier alpha value is -0.960. The second kappa shape index (κ2) is 6.43. The zero-order chi connectivity index (χ0) is 14.8. The summed E-state index contributed by atoms with van der Waals surface area (Å²) in [5.74, 6) is 2.72. The zero-order valence-corrected chi connectivity index (χ0v) is 13.6. The van der Waals surface area contributed by atoms with Crippen molar-refractivity contribution in [3.8, 4) is 0 Å². The molecule has 0 aliphatic heterocycles. The van der Waals surface area contributed by atoms with Gasteiger partial charge in [-0.25, -0.2) is 0 Å². The van der Waals surface area contributed by atoms with Gasteiger partial charge in [-0.15, -0.1) is 0 Å². The average Bonchev–Trinajstić information content (AvgIpc) is 3.10. The predicted octanol–water partition coefficient (Wildman–Crippen LogP) is 3.42. The first-order valence-electron chi connectivity index (χ1n) is 8.10. The number of fused-ring (bicyclic) bond motifs is 2. The molecule has 1 amide bonds. The minimum atomic E-state index is -0.226. The molecule has 3 rings (SSSR count). The van der Waals surface area contributed by atoms with E-state index in [2.05, 4.69) is 24.8 Å². The summed E-state index contributed by atoms with van der Waals surface area (Å²) in [6.45, 7) is 0.922. The highest BCUT2D eigenvalue weighted by atomic mass is 32.1. The van der Waals surface area contributed by atoms with Gasteiger partial charge in [-0.3, -0.25) is 4.79 Å². The van der Waals surface area contributed by atoms with Crippen molar-refractivity contribution in [2.45, 2.75) is 37.4 Å². The third-order valence-corrected chi connectivity index (χ3v) is 5.73. The molecule has 0 radical (unpaired) electrons. The van der Waals surface area contributed by atoms with Gasteiger partial charge in [0.15, 0.2) is 0 Å². The van der Waals surface area contributed by atoms with Crippen molar-refractivity contribution in [1.29, 1.82) is 0 Å². The van der Waals surface area contributed by atoms with Gasteiger partial charge in [-0.05, 0) is 49.0 Å². The molecule has 3 heteroatoms. The molecular weight excluding hydrogens is 278 g/mol. The summed E-state index contributed by atoms with van der Waals surface area (Å²) < 4.78 is 0. The van der Waals surface area contributed by atoms with Crippen molar-refractivity contribution >= 4 is 18.5 Å². The van der Waals surface area contributed by atoms with Gasteiger partial charge in [0, 0.05) is 13.6 Å². The molecule has 0 heterocycles. The molecule has 4 atom stereocenters. The molecule has 0 saturated heterocycles. The van der Waals surface area contributed by atoms with Crippen molar-refractivity contribution in [3.63, 3.8) is 0 Å². The average molecular weight is 303 g/mol. The second-order valence-corrected chi connectivity index (χ2v) is 7.48. The van der Waals surface area contributed by atoms with Crippen LogP contribution in [0.4, 0.5) is 0 Å². The molecule has 0 spiro atoms. The molecule has 2 saturated carbocycles. The number of carbonyl (C=O) groups is 1. The standard InChI is InChI=1S/C18H25NOS/c1-19(12-16-10-14-7-8-15(16)9-14)18(20)17(21)11-13-5-3-2-4-6-13/h2-6,14-17,21H,7-12H2,1H3. The quantitative estimate of drug-likeness (QED) is 0.826. The van der Waals surface area contributed by atoms with E-state index in [9.17, 15) is 4.79 Å². The normalized spacial score (nSPS) is 28.6. The molecule has 1 aromatic rings. The topological polar surface area (TPSA) is 20.3 Å². The maximum Gasteiger partial charge on any atom is 0.235 e. The maximum absolute atomic E-state index is 12.5. The first kappa shape index (κ1) is 15.0. The summed E-state index contributed by atoms with van der Waals surface area (Å²) in [7, 11) is 1.95. The molecule has 2 aliphatic rings. The lowest BCUT2D eigenvalue weighted by atomic mass is 9.88. The minimum Gasteiger partial charge on any atom is -0.345 e. The Kier molecular flexibility index (Phi) is 4.58. The fourth-order valence-corrected chi connectivity index (χ4v) is 4.63. The van der Waals surface area contributed by atoms with E-state index in [1.54, 1.807) is 0 Å². The van der Waals surface area contributed by atoms with Gasteiger partial charge in [-0.2, -0.15) is 12.6 Å². The van der Waals surface area contributed by atoms with Crippen LogP contribution in [-0.4, -0.2) is 29.6 Å². The van der Waals surface area contributed by atoms with E-state index in [4.69, 9.17) is 0 Å². The fraction of sp³-hybridized carbons (Fsp3) is 0.611. The summed E-state index contributed by atoms with van der Waals surface area (Å²) in [6, 6.07) is 10.2. The number of amides is 1. The van der Waals surface area contributed by atoms with E-state index in [-0.39, 0.29) is 11.2 Å². The molecule has 2 nitrogen and oxygen atoms in total. The lowest BCUT2D eigenvalue weighted by Gasteiger charge is -2.28. The highest BCUT2D eigenvalue weighted by Crippen LogP contribution is 2.48. The molecule has 0 N–H and O–H groups in total. The second-order valence-electron chi connectivity index (χ2n) is 6.86. The number of carbonyl (C=O) groups excluding carboxylic acids is 1. The van der Waals surface area contributed by atoms with Crippen molar-refractivity contribution in [3.05, 3.63) is 35.9 Å². The van der Waals surface area contributed by atoms with Crippen molar-refractivity contribution in [2.75, 3.05) is 13.6 Å². The van der Waals surface area contributed by atoms with Crippen LogP contribution in [0.2, 0.25) is 0 Å². The van der Waals surface area contributed by atoms with Crippen LogP contribution < -0.4 is 0 Å². The number of hydrogen-bond donors (Lipinski definition) is 1. The molecule has 4 unspecified atom stereocenters. The van der Waals surface area contributed by atoms with Crippen LogP contribution in [0.15, 0.2) is 30.3 Å². The molecule has 2 fully saturated rings. The summed E-state index contributed by atoms with van der Waals surface area (Å²) in [6.07, 6.45) is 6.25. The zero-order valence-electron chi connectivity index (χ0n) is 12.7. The lowest BCUT2D eigenvalue weighted by Crippen LogP contribution is -2.39. The van der Waals surface area contributed by atoms with Crippen LogP contribution >= 0.6 is 12.6 Å². The summed E-state index contributed by atoms with van der Waals surface area (Å²) in [5.41, 5.74) is 1.18. The largest absolute Gasteiger partial charge is 0.345 e. The van der Waals surface area contributed by atoms with E-state index in [1.165, 1.54) is 31.2 Å². The highest BCUT2D eigenvalue weighted by molar-refractivity contribution is 7.81. The Morgan fingerprint density at radius 2 is 2.05 bits per heavy atom. The number of benzene rings is 1. The van der Waals surface area contributed by atoms with E-state index in [1.807, 2.05) is 30.1 Å². The van der Waals surface area contributed by atoms with Crippen molar-refractivity contribution in [2.24, 2.45) is 17.8 Å². The summed E-state index contributed by atoms with van der Waals surface area (Å²) in [5, 5.41) is -0.226. The third kappa shape index (κ3) is 3.45. The smallest absolute Gasteiger partial charge is 0.235 e. The van der Waals surface area contributed by atoms with Gasteiger partial charge in [-0.1, -0.05) is 36.8 Å². The minimum absolute atomic E-state index is 0.171. The molecule has 21 heavy (non-hydrogen) atoms. The van der Waals surface area contributed by atoms with Crippen LogP contribution in [0.25, 0.3) is 0 Å². The number of thiol groups is 1. The van der Waals surface area contributed by atoms with Crippen LogP contribution in [0.1, 0.15) is 31.2 Å². The van der Waals surface area contributed by atoms with Crippen molar-refractivity contribution in [1.82, 2.24) is 4.90 Å². The number of hydrogen-bond acceptors (Lipinski definition) is 2. The van der Waals surface area contributed by atoms with Crippen LogP contribution in [0.5, 0.6) is 0 Å². The lowest BCUT2D eigenvalue weighted by molar-refractivity contribution is -0.130. The summed E-state index contributed by atoms with van der Waals surface area (Å²) >= 11 is 4.54. The van der Waals surface area contributed by atoms with Crippen LogP contribution in [-0.2, 0) is 11.2 Å². The van der Waals surface area contributed by atoms with Gasteiger partial charge in [0.1, 0.15) is 0 Å². The Morgan fingerprint density at radius 1 is 1.29 bits per heavy atom. The predicted molar refractivity (Wildman–Crippen MR) is 89.5 cm³/mol. The number of rotatable bonds is 5. The first-order valence-corrected chi connectivity index (χ1v) is 8.62. The third-order valence-electron chi connectivity index (χ3n) is 5.33. The Morgan fingerprint density at radius 3 is 2.67 bits per heavy atom. The van der Waals surface area contributed by atoms with Gasteiger partial charge < -0.3 is 4.90 Å². The first-order chi connectivity index (χ1) is 10.1. The highest BCUT2D eigenvalue weighted by Gasteiger charge is 2.40. The Balaban J connectivity index is 1.52. The van der Waals surface area contributed by atoms with Crippen LogP contribution in [0.3, 0.4) is 0 Å². The monoisotopic (exact) mass is 303 g/mol. The van der Waals surface area contributed by atoms with E-state index >= 15 is 0 Å². The maximum atomic E-state index is 12.5. The van der Waals surface area contributed by atoms with Gasteiger partial charge in [0.25, 0.3) is 0 Å². The molecule has 1 aromatic carbocycles. The van der Waals surface area contributed by atoms with Crippen molar-refractivity contribution < 1.29 is 4.79 Å². The Bertz CT molecular complexity index is 489. The molecule has 114 valence electrons. The van der Waals surface area contributed by atoms with E-state index in [0.717, 1.165) is 24.3 Å². The molecule has 2 bridgehead atoms.